The number of methoxy groups -OCH3 is 2. The highest BCUT2D eigenvalue weighted by Crippen LogP contribution is 2.36. The zero-order valence-electron chi connectivity index (χ0n) is 11.6. The quantitative estimate of drug-likeness (QED) is 0.748. The van der Waals surface area contributed by atoms with Crippen LogP contribution in [0.3, 0.4) is 0 Å². The maximum Gasteiger partial charge on any atom is 0.337 e. The number of carbonyl (C=O) groups is 1. The summed E-state index contributed by atoms with van der Waals surface area (Å²) in [6.45, 7) is 0. The highest BCUT2D eigenvalue weighted by Gasteiger charge is 2.14. The monoisotopic (exact) mass is 283 g/mol. The highest BCUT2D eigenvalue weighted by molar-refractivity contribution is 6.14. The second kappa shape index (κ2) is 4.94. The molecule has 0 radical (unpaired) electrons. The topological polar surface area (TPSA) is 68.7 Å². The van der Waals surface area contributed by atoms with Crippen molar-refractivity contribution < 1.29 is 19.4 Å². The van der Waals surface area contributed by atoms with Crippen molar-refractivity contribution in [3.8, 4) is 11.5 Å². The maximum absolute atomic E-state index is 11.3. The van der Waals surface area contributed by atoms with Crippen molar-refractivity contribution in [3.05, 3.63) is 42.1 Å². The van der Waals surface area contributed by atoms with Crippen LogP contribution in [0.5, 0.6) is 11.5 Å². The molecule has 3 aromatic rings. The summed E-state index contributed by atoms with van der Waals surface area (Å²) in [5.41, 5.74) is 0.619. The van der Waals surface area contributed by atoms with E-state index in [2.05, 4.69) is 4.98 Å². The Morgan fingerprint density at radius 2 is 2.00 bits per heavy atom. The van der Waals surface area contributed by atoms with Gasteiger partial charge in [0.2, 0.25) is 0 Å². The van der Waals surface area contributed by atoms with Crippen LogP contribution in [0.1, 0.15) is 10.4 Å². The summed E-state index contributed by atoms with van der Waals surface area (Å²) in [4.78, 5) is 15.6. The third-order valence-corrected chi connectivity index (χ3v) is 3.43. The molecule has 0 saturated carbocycles. The summed E-state index contributed by atoms with van der Waals surface area (Å²) >= 11 is 0. The summed E-state index contributed by atoms with van der Waals surface area (Å²) in [5.74, 6) is 0.286. The molecule has 0 saturated heterocycles. The number of hydrogen-bond acceptors (Lipinski definition) is 4. The molecule has 0 amide bonds. The van der Waals surface area contributed by atoms with Crippen molar-refractivity contribution in [1.29, 1.82) is 0 Å². The van der Waals surface area contributed by atoms with Gasteiger partial charge in [-0.25, -0.2) is 4.79 Å². The van der Waals surface area contributed by atoms with E-state index < -0.39 is 5.97 Å². The molecule has 0 aliphatic rings. The number of aromatic nitrogens is 1. The SMILES string of the molecule is COc1cc(OC)c2c(cnc3c(C(=O)O)cccc32)c1. The van der Waals surface area contributed by atoms with E-state index in [1.807, 2.05) is 12.1 Å². The number of aromatic carboxylic acids is 1. The predicted octanol–water partition coefficient (Wildman–Crippen LogP) is 3.10. The molecule has 106 valence electrons. The smallest absolute Gasteiger partial charge is 0.337 e. The molecule has 0 unspecified atom stereocenters. The van der Waals surface area contributed by atoms with E-state index in [1.165, 1.54) is 0 Å². The number of nitrogens with zero attached hydrogens (tertiary/aromatic N) is 1. The molecule has 0 aliphatic heterocycles. The van der Waals surface area contributed by atoms with Gasteiger partial charge >= 0.3 is 5.97 Å². The van der Waals surface area contributed by atoms with Gasteiger partial charge < -0.3 is 14.6 Å². The maximum atomic E-state index is 11.3. The molecule has 1 N–H and O–H groups in total. The Morgan fingerprint density at radius 1 is 1.19 bits per heavy atom. The van der Waals surface area contributed by atoms with Crippen LogP contribution in [-0.2, 0) is 0 Å². The first-order valence-corrected chi connectivity index (χ1v) is 6.32. The van der Waals surface area contributed by atoms with Crippen LogP contribution < -0.4 is 9.47 Å². The van der Waals surface area contributed by atoms with Gasteiger partial charge in [-0.3, -0.25) is 4.98 Å². The van der Waals surface area contributed by atoms with Crippen molar-refractivity contribution in [1.82, 2.24) is 4.98 Å². The van der Waals surface area contributed by atoms with Crippen molar-refractivity contribution >= 4 is 27.6 Å². The minimum atomic E-state index is -1.00. The molecule has 21 heavy (non-hydrogen) atoms. The molecular weight excluding hydrogens is 270 g/mol. The summed E-state index contributed by atoms with van der Waals surface area (Å²) in [7, 11) is 3.15. The van der Waals surface area contributed by atoms with E-state index in [4.69, 9.17) is 9.47 Å². The fourth-order valence-electron chi connectivity index (χ4n) is 2.47. The Hall–Kier alpha value is -2.82. The summed E-state index contributed by atoms with van der Waals surface area (Å²) in [6, 6.07) is 8.70. The van der Waals surface area contributed by atoms with E-state index >= 15 is 0 Å². The van der Waals surface area contributed by atoms with Crippen molar-refractivity contribution in [2.45, 2.75) is 0 Å². The van der Waals surface area contributed by atoms with Crippen LogP contribution >= 0.6 is 0 Å². The highest BCUT2D eigenvalue weighted by atomic mass is 16.5. The molecule has 0 bridgehead atoms. The number of benzene rings is 2. The normalized spacial score (nSPS) is 10.8. The molecule has 0 fully saturated rings. The molecule has 0 atom stereocenters. The first-order chi connectivity index (χ1) is 10.2. The Morgan fingerprint density at radius 3 is 2.67 bits per heavy atom. The predicted molar refractivity (Wildman–Crippen MR) is 79.3 cm³/mol. The number of para-hydroxylation sites is 1. The van der Waals surface area contributed by atoms with Crippen LogP contribution in [-0.4, -0.2) is 30.3 Å². The van der Waals surface area contributed by atoms with Gasteiger partial charge in [0.15, 0.2) is 0 Å². The number of carboxylic acids is 1. The Balaban J connectivity index is 2.48. The minimum Gasteiger partial charge on any atom is -0.497 e. The molecule has 0 aliphatic carbocycles. The average Bonchev–Trinajstić information content (AvgIpc) is 2.52. The Bertz CT molecular complexity index is 858. The van der Waals surface area contributed by atoms with Crippen LogP contribution in [0.25, 0.3) is 21.7 Å². The van der Waals surface area contributed by atoms with Crippen molar-refractivity contribution in [3.63, 3.8) is 0 Å². The lowest BCUT2D eigenvalue weighted by atomic mass is 10.0. The van der Waals surface area contributed by atoms with Crippen LogP contribution in [0.15, 0.2) is 36.5 Å². The van der Waals surface area contributed by atoms with Gasteiger partial charge in [-0.2, -0.15) is 0 Å². The molecule has 3 rings (SSSR count). The van der Waals surface area contributed by atoms with Crippen LogP contribution in [0, 0.1) is 0 Å². The Labute approximate surface area is 120 Å². The van der Waals surface area contributed by atoms with Gasteiger partial charge in [0, 0.05) is 28.4 Å². The summed E-state index contributed by atoms with van der Waals surface area (Å²) in [5, 5.41) is 11.7. The summed E-state index contributed by atoms with van der Waals surface area (Å²) in [6.07, 6.45) is 1.63. The third-order valence-electron chi connectivity index (χ3n) is 3.43. The Kier molecular flexibility index (Phi) is 3.10. The van der Waals surface area contributed by atoms with Gasteiger partial charge in [-0.05, 0) is 12.1 Å². The first-order valence-electron chi connectivity index (χ1n) is 6.32. The number of ether oxygens (including phenoxy) is 2. The fourth-order valence-corrected chi connectivity index (χ4v) is 2.47. The second-order valence-electron chi connectivity index (χ2n) is 4.56. The van der Waals surface area contributed by atoms with Gasteiger partial charge in [-0.1, -0.05) is 12.1 Å². The zero-order chi connectivity index (χ0) is 15.0. The largest absolute Gasteiger partial charge is 0.497 e. The van der Waals surface area contributed by atoms with Crippen molar-refractivity contribution in [2.24, 2.45) is 0 Å². The number of hydrogen-bond donors (Lipinski definition) is 1. The third kappa shape index (κ3) is 2.03. The standard InChI is InChI=1S/C16H13NO4/c1-20-10-6-9-8-17-15-11(14(9)13(7-10)21-2)4-3-5-12(15)16(18)19/h3-8H,1-2H3,(H,18,19). The molecule has 5 nitrogen and oxygen atoms in total. The van der Waals surface area contributed by atoms with Crippen LogP contribution in [0.2, 0.25) is 0 Å². The number of rotatable bonds is 3. The van der Waals surface area contributed by atoms with Gasteiger partial charge in [0.25, 0.3) is 0 Å². The van der Waals surface area contributed by atoms with E-state index in [-0.39, 0.29) is 5.56 Å². The number of fused-ring (bicyclic) bond motifs is 3. The molecule has 1 aromatic heterocycles. The number of pyridine rings is 1. The lowest BCUT2D eigenvalue weighted by Gasteiger charge is -2.11. The second-order valence-corrected chi connectivity index (χ2v) is 4.56. The lowest BCUT2D eigenvalue weighted by Crippen LogP contribution is -1.99. The molecule has 2 aromatic carbocycles. The molecule has 0 spiro atoms. The zero-order valence-corrected chi connectivity index (χ0v) is 11.6. The summed E-state index contributed by atoms with van der Waals surface area (Å²) < 4.78 is 10.7. The van der Waals surface area contributed by atoms with E-state index in [9.17, 15) is 9.90 Å². The minimum absolute atomic E-state index is 0.173. The molecule has 5 heteroatoms. The van der Waals surface area contributed by atoms with E-state index in [0.717, 1.165) is 16.2 Å². The van der Waals surface area contributed by atoms with Gasteiger partial charge in [0.1, 0.15) is 11.5 Å². The van der Waals surface area contributed by atoms with Crippen LogP contribution in [0.4, 0.5) is 0 Å². The van der Waals surface area contributed by atoms with E-state index in [1.54, 1.807) is 38.6 Å². The van der Waals surface area contributed by atoms with E-state index in [0.29, 0.717) is 17.0 Å². The average molecular weight is 283 g/mol. The lowest BCUT2D eigenvalue weighted by molar-refractivity contribution is 0.0699. The number of carboxylic acid groups (broad SMARTS) is 1. The van der Waals surface area contributed by atoms with Gasteiger partial charge in [-0.15, -0.1) is 0 Å². The molecular formula is C16H13NO4. The molecule has 1 heterocycles. The fraction of sp³-hybridized carbons (Fsp3) is 0.125. The van der Waals surface area contributed by atoms with Gasteiger partial charge in [0.05, 0.1) is 25.3 Å². The first kappa shape index (κ1) is 13.2. The van der Waals surface area contributed by atoms with Crippen molar-refractivity contribution in [2.75, 3.05) is 14.2 Å².